The molecule has 5 nitrogen and oxygen atoms in total. The number of aliphatic carboxylic acids is 1. The molecule has 2 N–H and O–H groups in total. The first-order valence-electron chi connectivity index (χ1n) is 6.40. The zero-order valence-electron chi connectivity index (χ0n) is 11.0. The molecule has 1 saturated carbocycles. The third-order valence-electron chi connectivity index (χ3n) is 3.17. The summed E-state index contributed by atoms with van der Waals surface area (Å²) in [6.45, 7) is 1.91. The van der Waals surface area contributed by atoms with Gasteiger partial charge in [0.25, 0.3) is 0 Å². The second-order valence-corrected chi connectivity index (χ2v) is 4.89. The number of ether oxygens (including phenoxy) is 1. The average molecular weight is 281 g/mol. The van der Waals surface area contributed by atoms with E-state index in [0.29, 0.717) is 6.42 Å². The van der Waals surface area contributed by atoms with Crippen LogP contribution in [0.15, 0.2) is 24.3 Å². The Balaban J connectivity index is 1.76. The number of carboxylic acids is 1. The molecule has 20 heavy (non-hydrogen) atoms. The number of halogens is 1. The van der Waals surface area contributed by atoms with E-state index in [-0.39, 0.29) is 18.2 Å². The van der Waals surface area contributed by atoms with Crippen LogP contribution in [-0.2, 0) is 9.59 Å². The molecule has 108 valence electrons. The van der Waals surface area contributed by atoms with Crippen molar-refractivity contribution in [2.24, 2.45) is 11.8 Å². The lowest BCUT2D eigenvalue weighted by Crippen LogP contribution is -2.35. The number of hydrogen-bond donors (Lipinski definition) is 2. The van der Waals surface area contributed by atoms with Crippen molar-refractivity contribution < 1.29 is 23.8 Å². The van der Waals surface area contributed by atoms with E-state index >= 15 is 0 Å². The van der Waals surface area contributed by atoms with Gasteiger partial charge in [0.2, 0.25) is 5.91 Å². The highest BCUT2D eigenvalue weighted by Gasteiger charge is 2.48. The number of hydrogen-bond acceptors (Lipinski definition) is 3. The maximum absolute atomic E-state index is 13.3. The summed E-state index contributed by atoms with van der Waals surface area (Å²) in [7, 11) is 0. The van der Waals surface area contributed by atoms with Crippen LogP contribution in [0.2, 0.25) is 0 Å². The van der Waals surface area contributed by atoms with Crippen molar-refractivity contribution in [3.8, 4) is 5.75 Å². The molecule has 0 radical (unpaired) electrons. The number of carbonyl (C=O) groups excluding carboxylic acids is 1. The Hall–Kier alpha value is -2.11. The average Bonchev–Trinajstić information content (AvgIpc) is 3.19. The molecule has 0 aromatic heterocycles. The Morgan fingerprint density at radius 1 is 1.45 bits per heavy atom. The molecule has 0 spiro atoms. The van der Waals surface area contributed by atoms with Gasteiger partial charge in [-0.05, 0) is 25.5 Å². The summed E-state index contributed by atoms with van der Waals surface area (Å²) in [6, 6.07) is 6.02. The van der Waals surface area contributed by atoms with Gasteiger partial charge in [0.1, 0.15) is 6.10 Å². The number of carboxylic acid groups (broad SMARTS) is 1. The Bertz CT molecular complexity index is 520. The summed E-state index contributed by atoms with van der Waals surface area (Å²) in [4.78, 5) is 22.3. The van der Waals surface area contributed by atoms with Crippen LogP contribution in [0.3, 0.4) is 0 Å². The molecule has 6 heteroatoms. The first-order chi connectivity index (χ1) is 9.49. The lowest BCUT2D eigenvalue weighted by atomic mass is 10.3. The summed E-state index contributed by atoms with van der Waals surface area (Å²) in [5.41, 5.74) is 0. The molecule has 1 aromatic rings. The molecule has 0 heterocycles. The summed E-state index contributed by atoms with van der Waals surface area (Å²) < 4.78 is 18.7. The zero-order valence-corrected chi connectivity index (χ0v) is 11.0. The summed E-state index contributed by atoms with van der Waals surface area (Å²) in [5, 5.41) is 11.3. The van der Waals surface area contributed by atoms with Crippen molar-refractivity contribution in [2.75, 3.05) is 6.54 Å². The summed E-state index contributed by atoms with van der Waals surface area (Å²) >= 11 is 0. The zero-order chi connectivity index (χ0) is 14.7. The molecule has 1 amide bonds. The highest BCUT2D eigenvalue weighted by atomic mass is 19.1. The molecule has 3 atom stereocenters. The molecule has 0 bridgehead atoms. The fraction of sp³-hybridized carbons (Fsp3) is 0.429. The molecule has 1 aliphatic carbocycles. The maximum atomic E-state index is 13.3. The van der Waals surface area contributed by atoms with Crippen LogP contribution in [-0.4, -0.2) is 29.6 Å². The van der Waals surface area contributed by atoms with E-state index in [4.69, 9.17) is 9.84 Å². The van der Waals surface area contributed by atoms with Crippen LogP contribution < -0.4 is 10.1 Å². The maximum Gasteiger partial charge on any atom is 0.307 e. The highest BCUT2D eigenvalue weighted by molar-refractivity contribution is 5.89. The first kappa shape index (κ1) is 14.3. The van der Waals surface area contributed by atoms with Crippen molar-refractivity contribution in [1.29, 1.82) is 0 Å². The molecule has 0 saturated heterocycles. The number of carbonyl (C=O) groups is 2. The van der Waals surface area contributed by atoms with Crippen molar-refractivity contribution in [1.82, 2.24) is 5.32 Å². The molecule has 1 aromatic carbocycles. The smallest absolute Gasteiger partial charge is 0.307 e. The van der Waals surface area contributed by atoms with E-state index in [2.05, 4.69) is 5.32 Å². The minimum Gasteiger partial charge on any atom is -0.486 e. The van der Waals surface area contributed by atoms with Crippen LogP contribution in [0.4, 0.5) is 4.39 Å². The number of nitrogens with one attached hydrogen (secondary N) is 1. The highest BCUT2D eigenvalue weighted by Crippen LogP contribution is 2.38. The van der Waals surface area contributed by atoms with Gasteiger partial charge in [-0.1, -0.05) is 12.1 Å². The van der Waals surface area contributed by atoms with Crippen molar-refractivity contribution >= 4 is 11.9 Å². The van der Waals surface area contributed by atoms with Crippen molar-refractivity contribution in [3.63, 3.8) is 0 Å². The predicted molar refractivity (Wildman–Crippen MR) is 68.7 cm³/mol. The number of rotatable bonds is 6. The quantitative estimate of drug-likeness (QED) is 0.827. The fourth-order valence-electron chi connectivity index (χ4n) is 1.93. The van der Waals surface area contributed by atoms with Crippen LogP contribution in [0.1, 0.15) is 13.3 Å². The summed E-state index contributed by atoms with van der Waals surface area (Å²) in [6.07, 6.45) is -0.0261. The Morgan fingerprint density at radius 3 is 2.75 bits per heavy atom. The van der Waals surface area contributed by atoms with E-state index in [0.717, 1.165) is 0 Å². The molecule has 0 unspecified atom stereocenters. The Morgan fingerprint density at radius 2 is 2.15 bits per heavy atom. The minimum atomic E-state index is -0.944. The third-order valence-corrected chi connectivity index (χ3v) is 3.17. The van der Waals surface area contributed by atoms with Gasteiger partial charge in [-0.2, -0.15) is 0 Å². The monoisotopic (exact) mass is 281 g/mol. The van der Waals surface area contributed by atoms with E-state index in [9.17, 15) is 14.0 Å². The number of benzene rings is 1. The summed E-state index contributed by atoms with van der Waals surface area (Å²) in [5.74, 6) is -2.59. The van der Waals surface area contributed by atoms with Crippen molar-refractivity contribution in [3.05, 3.63) is 30.1 Å². The van der Waals surface area contributed by atoms with Gasteiger partial charge >= 0.3 is 5.97 Å². The van der Waals surface area contributed by atoms with Gasteiger partial charge in [-0.15, -0.1) is 0 Å². The second-order valence-electron chi connectivity index (χ2n) is 4.89. The van der Waals surface area contributed by atoms with Gasteiger partial charge in [-0.3, -0.25) is 9.59 Å². The van der Waals surface area contributed by atoms with Crippen LogP contribution in [0, 0.1) is 17.7 Å². The van der Waals surface area contributed by atoms with Gasteiger partial charge in [0, 0.05) is 0 Å². The minimum absolute atomic E-state index is 0.129. The SMILES string of the molecule is C[C@H](CNC(=O)[C@H]1C[C@@H]1C(=O)O)Oc1ccccc1F. The normalized spacial score (nSPS) is 21.9. The predicted octanol–water partition coefficient (Wildman–Crippen LogP) is 1.43. The van der Waals surface area contributed by atoms with Crippen LogP contribution >= 0.6 is 0 Å². The van der Waals surface area contributed by atoms with Gasteiger partial charge in [-0.25, -0.2) is 4.39 Å². The fourth-order valence-corrected chi connectivity index (χ4v) is 1.93. The van der Waals surface area contributed by atoms with E-state index in [1.165, 1.54) is 12.1 Å². The largest absolute Gasteiger partial charge is 0.486 e. The van der Waals surface area contributed by atoms with Crippen LogP contribution in [0.25, 0.3) is 0 Å². The Labute approximate surface area is 115 Å². The standard InChI is InChI=1S/C14H16FNO4/c1-8(20-12-5-3-2-4-11(12)15)7-16-13(17)9-6-10(9)14(18)19/h2-5,8-10H,6-7H2,1H3,(H,16,17)(H,18,19)/t8-,9+,10+/m1/s1. The molecule has 0 aliphatic heterocycles. The molecule has 1 aliphatic rings. The van der Waals surface area contributed by atoms with Gasteiger partial charge in [0.05, 0.1) is 18.4 Å². The molecule has 2 rings (SSSR count). The number of para-hydroxylation sites is 1. The third kappa shape index (κ3) is 3.46. The first-order valence-corrected chi connectivity index (χ1v) is 6.40. The van der Waals surface area contributed by atoms with Crippen LogP contribution in [0.5, 0.6) is 5.75 Å². The lowest BCUT2D eigenvalue weighted by molar-refractivity contribution is -0.140. The lowest BCUT2D eigenvalue weighted by Gasteiger charge is -2.15. The van der Waals surface area contributed by atoms with E-state index < -0.39 is 29.7 Å². The molecular weight excluding hydrogens is 265 g/mol. The van der Waals surface area contributed by atoms with Crippen molar-refractivity contribution in [2.45, 2.75) is 19.4 Å². The molecular formula is C14H16FNO4. The molecule has 1 fully saturated rings. The van der Waals surface area contributed by atoms with Gasteiger partial charge < -0.3 is 15.2 Å². The number of amides is 1. The second kappa shape index (κ2) is 5.90. The van der Waals surface area contributed by atoms with E-state index in [1.807, 2.05) is 0 Å². The Kier molecular flexibility index (Phi) is 4.22. The van der Waals surface area contributed by atoms with Gasteiger partial charge in [0.15, 0.2) is 11.6 Å². The van der Waals surface area contributed by atoms with E-state index in [1.54, 1.807) is 19.1 Å². The topological polar surface area (TPSA) is 75.6 Å².